The molecule has 324 valence electrons. The molecule has 0 spiro atoms. The molecule has 0 radical (unpaired) electrons. The number of aromatic nitrogens is 1. The molecule has 1 saturated heterocycles. The number of carbonyl (C=O) groups excluding carboxylic acids is 4. The van der Waals surface area contributed by atoms with Crippen molar-refractivity contribution in [2.45, 2.75) is 137 Å². The average Bonchev–Trinajstić information content (AvgIpc) is 3.66. The minimum absolute atomic E-state index is 0.0317. The van der Waals surface area contributed by atoms with E-state index < -0.39 is 48.0 Å². The van der Waals surface area contributed by atoms with Crippen molar-refractivity contribution in [3.05, 3.63) is 45.9 Å². The number of likely N-dealkylation sites (N-methyl/N-ethyl adjacent to an activating group) is 1. The molecular formula is C43H67N5O9S. The first-order chi connectivity index (χ1) is 27.4. The molecule has 3 amide bonds. The fourth-order valence-electron chi connectivity index (χ4n) is 7.14. The third-order valence-electron chi connectivity index (χ3n) is 11.0. The van der Waals surface area contributed by atoms with Crippen LogP contribution in [0, 0.1) is 23.7 Å². The molecular weight excluding hydrogens is 763 g/mol. The number of benzene rings is 1. The summed E-state index contributed by atoms with van der Waals surface area (Å²) >= 11 is 1.15. The van der Waals surface area contributed by atoms with Gasteiger partial charge in [0.15, 0.2) is 6.10 Å². The predicted molar refractivity (Wildman–Crippen MR) is 223 cm³/mol. The van der Waals surface area contributed by atoms with Crippen molar-refractivity contribution in [2.24, 2.45) is 23.7 Å². The summed E-state index contributed by atoms with van der Waals surface area (Å²) in [5, 5.41) is 27.3. The van der Waals surface area contributed by atoms with Gasteiger partial charge in [-0.2, -0.15) is 0 Å². The molecule has 15 heteroatoms. The normalized spacial score (nSPS) is 17.8. The van der Waals surface area contributed by atoms with Gasteiger partial charge in [0.1, 0.15) is 29.2 Å². The van der Waals surface area contributed by atoms with E-state index in [1.165, 1.54) is 19.1 Å². The highest BCUT2D eigenvalue weighted by atomic mass is 32.1. The Balaban J connectivity index is 1.93. The van der Waals surface area contributed by atoms with Gasteiger partial charge in [0.2, 0.25) is 11.8 Å². The number of carboxylic acid groups (broad SMARTS) is 1. The van der Waals surface area contributed by atoms with E-state index in [0.29, 0.717) is 30.4 Å². The van der Waals surface area contributed by atoms with Crippen LogP contribution in [0.25, 0.3) is 0 Å². The third-order valence-corrected chi connectivity index (χ3v) is 11.9. The van der Waals surface area contributed by atoms with Gasteiger partial charge in [-0.15, -0.1) is 11.3 Å². The first-order valence-corrected chi connectivity index (χ1v) is 21.6. The van der Waals surface area contributed by atoms with Crippen LogP contribution < -0.4 is 10.6 Å². The number of piperidine rings is 1. The second-order valence-corrected chi connectivity index (χ2v) is 17.5. The molecule has 1 aliphatic heterocycles. The number of amides is 3. The second kappa shape index (κ2) is 23.5. The average molecular weight is 830 g/mol. The number of ether oxygens (including phenoxy) is 2. The lowest BCUT2D eigenvalue weighted by Gasteiger charge is -2.40. The molecule has 58 heavy (non-hydrogen) atoms. The van der Waals surface area contributed by atoms with E-state index >= 15 is 0 Å². The Morgan fingerprint density at radius 3 is 2.29 bits per heavy atom. The summed E-state index contributed by atoms with van der Waals surface area (Å²) in [5.41, 5.74) is 0.882. The van der Waals surface area contributed by atoms with E-state index in [0.717, 1.165) is 49.1 Å². The topological polar surface area (TPSA) is 188 Å². The number of rotatable bonds is 23. The van der Waals surface area contributed by atoms with E-state index in [2.05, 4.69) is 29.5 Å². The summed E-state index contributed by atoms with van der Waals surface area (Å²) in [6, 6.07) is 4.28. The van der Waals surface area contributed by atoms with E-state index in [4.69, 9.17) is 9.47 Å². The maximum Gasteiger partial charge on any atom is 0.306 e. The Morgan fingerprint density at radius 2 is 1.71 bits per heavy atom. The lowest BCUT2D eigenvalue weighted by molar-refractivity contribution is -0.153. The van der Waals surface area contributed by atoms with Gasteiger partial charge < -0.3 is 35.2 Å². The van der Waals surface area contributed by atoms with Crippen LogP contribution in [0.2, 0.25) is 0 Å². The van der Waals surface area contributed by atoms with Gasteiger partial charge in [0.25, 0.3) is 5.91 Å². The maximum absolute atomic E-state index is 14.8. The molecule has 4 N–H and O–H groups in total. The van der Waals surface area contributed by atoms with Gasteiger partial charge in [-0.05, 0) is 81.1 Å². The zero-order valence-corrected chi connectivity index (χ0v) is 36.7. The molecule has 2 heterocycles. The highest BCUT2D eigenvalue weighted by molar-refractivity contribution is 7.09. The fraction of sp³-hybridized carbons (Fsp3) is 0.674. The monoisotopic (exact) mass is 829 g/mol. The largest absolute Gasteiger partial charge is 0.508 e. The van der Waals surface area contributed by atoms with E-state index in [1.807, 2.05) is 39.6 Å². The smallest absolute Gasteiger partial charge is 0.306 e. The van der Waals surface area contributed by atoms with Gasteiger partial charge in [-0.25, -0.2) is 4.98 Å². The molecule has 0 aliphatic carbocycles. The summed E-state index contributed by atoms with van der Waals surface area (Å²) < 4.78 is 12.0. The van der Waals surface area contributed by atoms with Gasteiger partial charge in [-0.1, -0.05) is 73.4 Å². The lowest BCUT2D eigenvalue weighted by atomic mass is 9.92. The van der Waals surface area contributed by atoms with Crippen LogP contribution in [0.4, 0.5) is 0 Å². The Hall–Kier alpha value is -4.08. The van der Waals surface area contributed by atoms with Gasteiger partial charge in [0.05, 0.1) is 12.0 Å². The number of esters is 1. The molecule has 1 aromatic carbocycles. The molecule has 14 nitrogen and oxygen atoms in total. The molecule has 0 saturated carbocycles. The van der Waals surface area contributed by atoms with Crippen LogP contribution >= 0.6 is 11.3 Å². The van der Waals surface area contributed by atoms with Crippen LogP contribution in [0.1, 0.15) is 127 Å². The Labute approximate surface area is 348 Å². The molecule has 2 aromatic rings. The zero-order valence-electron chi connectivity index (χ0n) is 35.9. The minimum atomic E-state index is -0.989. The lowest BCUT2D eigenvalue weighted by Crippen LogP contribution is -2.59. The fourth-order valence-corrected chi connectivity index (χ4v) is 7.98. The van der Waals surface area contributed by atoms with Crippen molar-refractivity contribution in [3.8, 4) is 5.75 Å². The van der Waals surface area contributed by atoms with Crippen molar-refractivity contribution in [3.63, 3.8) is 0 Å². The Bertz CT molecular complexity index is 1630. The van der Waals surface area contributed by atoms with Gasteiger partial charge in [-0.3, -0.25) is 28.9 Å². The van der Waals surface area contributed by atoms with Crippen molar-refractivity contribution < 1.29 is 43.7 Å². The van der Waals surface area contributed by atoms with Gasteiger partial charge >= 0.3 is 11.9 Å². The first kappa shape index (κ1) is 48.3. The molecule has 7 atom stereocenters. The van der Waals surface area contributed by atoms with Crippen LogP contribution in [0.3, 0.4) is 0 Å². The number of thiazole rings is 1. The van der Waals surface area contributed by atoms with Crippen molar-refractivity contribution in [1.29, 1.82) is 0 Å². The quantitative estimate of drug-likeness (QED) is 0.0569. The number of phenols is 1. The molecule has 3 rings (SSSR count). The number of likely N-dealkylation sites (tertiary alicyclic amines) is 1. The number of phenolic OH excluding ortho intramolecular Hbond substituents is 1. The molecule has 2 unspecified atom stereocenters. The minimum Gasteiger partial charge on any atom is -0.508 e. The third kappa shape index (κ3) is 14.9. The summed E-state index contributed by atoms with van der Waals surface area (Å²) in [6.07, 6.45) is 3.83. The first-order valence-electron chi connectivity index (χ1n) is 20.7. The summed E-state index contributed by atoms with van der Waals surface area (Å²) in [7, 11) is 1.94. The van der Waals surface area contributed by atoms with E-state index in [9.17, 15) is 34.2 Å². The number of carbonyl (C=O) groups is 5. The highest BCUT2D eigenvalue weighted by Gasteiger charge is 2.39. The number of hydrogen-bond donors (Lipinski definition) is 4. The second-order valence-electron chi connectivity index (χ2n) is 16.6. The summed E-state index contributed by atoms with van der Waals surface area (Å²) in [5.74, 6) is -3.10. The molecule has 1 fully saturated rings. The molecule has 1 aromatic heterocycles. The SMILES string of the molecule is CCC(C)C(NC(=O)[C@H]1CCCCN1C)C(=O)N(COCCC(C)C)[C@H](C[C@@H](OC(C)=O)c1nc(C(=O)N[C@@H](Cc2ccc(O)cc2)C[C@H](C)C(=O)O)cs1)C(C)C. The number of aliphatic carboxylic acids is 1. The maximum atomic E-state index is 14.8. The van der Waals surface area contributed by atoms with Crippen molar-refractivity contribution in [1.82, 2.24) is 25.4 Å². The Kier molecular flexibility index (Phi) is 19.6. The Morgan fingerprint density at radius 1 is 1.02 bits per heavy atom. The van der Waals surface area contributed by atoms with E-state index in [-0.39, 0.29) is 60.7 Å². The van der Waals surface area contributed by atoms with Gasteiger partial charge in [0, 0.05) is 37.4 Å². The number of nitrogens with one attached hydrogen (secondary N) is 2. The molecule has 0 bridgehead atoms. The highest BCUT2D eigenvalue weighted by Crippen LogP contribution is 2.32. The number of aromatic hydroxyl groups is 1. The summed E-state index contributed by atoms with van der Waals surface area (Å²) in [6.45, 7) is 16.2. The number of hydrogen-bond acceptors (Lipinski definition) is 11. The van der Waals surface area contributed by atoms with Crippen LogP contribution in [-0.4, -0.2) is 106 Å². The number of carboxylic acids is 1. The van der Waals surface area contributed by atoms with E-state index in [1.54, 1.807) is 29.3 Å². The zero-order chi connectivity index (χ0) is 43.1. The predicted octanol–water partition coefficient (Wildman–Crippen LogP) is 6.18. The van der Waals surface area contributed by atoms with Crippen LogP contribution in [0.15, 0.2) is 29.6 Å². The standard InChI is InChI=1S/C43H67N5O9S/c1-10-28(6)38(46-40(52)35-13-11-12-19-47(35)9)42(53)48(25-56-20-18-26(2)3)36(27(4)5)23-37(57-30(8)49)41-45-34(24-58-41)39(51)44-32(21-29(7)43(54)55)22-31-14-16-33(50)17-15-31/h14-17,24,26-29,32,35-38,50H,10-13,18-23,25H2,1-9H3,(H,44,51)(H,46,52)(H,54,55)/t28?,29-,32+,35+,36+,37+,38?/m0/s1. The van der Waals surface area contributed by atoms with Crippen molar-refractivity contribution in [2.75, 3.05) is 26.9 Å². The number of nitrogens with zero attached hydrogens (tertiary/aromatic N) is 3. The van der Waals surface area contributed by atoms with Crippen LogP contribution in [0.5, 0.6) is 5.75 Å². The summed E-state index contributed by atoms with van der Waals surface area (Å²) in [4.78, 5) is 74.8. The molecule has 1 aliphatic rings. The van der Waals surface area contributed by atoms with Crippen molar-refractivity contribution >= 4 is 41.0 Å². The van der Waals surface area contributed by atoms with Crippen LogP contribution in [-0.2, 0) is 35.1 Å².